The first-order valence-corrected chi connectivity index (χ1v) is 11.9. The summed E-state index contributed by atoms with van der Waals surface area (Å²) in [5.74, 6) is -0.287. The van der Waals surface area contributed by atoms with Gasteiger partial charge in [-0.1, -0.05) is 59.6 Å². The number of halogens is 2. The lowest BCUT2D eigenvalue weighted by molar-refractivity contribution is -0.117. The van der Waals surface area contributed by atoms with Crippen LogP contribution >= 0.6 is 23.2 Å². The Hall–Kier alpha value is -3.67. The molecule has 2 heterocycles. The van der Waals surface area contributed by atoms with Gasteiger partial charge in [-0.25, -0.2) is 0 Å². The first kappa shape index (κ1) is 23.1. The number of hydrogen-bond donors (Lipinski definition) is 1. The second kappa shape index (κ2) is 9.90. The highest BCUT2D eigenvalue weighted by molar-refractivity contribution is 6.44. The predicted molar refractivity (Wildman–Crippen MR) is 140 cm³/mol. The lowest BCUT2D eigenvalue weighted by atomic mass is 10.0. The van der Waals surface area contributed by atoms with Crippen LogP contribution in [0.5, 0.6) is 0 Å². The molecule has 0 radical (unpaired) electrons. The summed E-state index contributed by atoms with van der Waals surface area (Å²) in [4.78, 5) is 31.9. The summed E-state index contributed by atoms with van der Waals surface area (Å²) in [5, 5.41) is 3.66. The van der Waals surface area contributed by atoms with E-state index in [1.54, 1.807) is 29.3 Å². The summed E-state index contributed by atoms with van der Waals surface area (Å²) < 4.78 is 0. The summed E-state index contributed by atoms with van der Waals surface area (Å²) in [6.07, 6.45) is 2.66. The molecule has 0 spiro atoms. The molecule has 7 heteroatoms. The van der Waals surface area contributed by atoms with Gasteiger partial charge in [-0.15, -0.1) is 0 Å². The highest BCUT2D eigenvalue weighted by Gasteiger charge is 2.25. The number of aromatic nitrogens is 1. The number of anilines is 2. The Morgan fingerprint density at radius 2 is 1.74 bits per heavy atom. The molecule has 4 aromatic rings. The number of rotatable bonds is 5. The monoisotopic (exact) mass is 501 g/mol. The Bertz CT molecular complexity index is 1410. The van der Waals surface area contributed by atoms with Crippen molar-refractivity contribution in [2.45, 2.75) is 12.8 Å². The van der Waals surface area contributed by atoms with Crippen LogP contribution in [0.25, 0.3) is 11.1 Å². The van der Waals surface area contributed by atoms with Crippen LogP contribution in [-0.4, -0.2) is 23.3 Å². The summed E-state index contributed by atoms with van der Waals surface area (Å²) in [6.45, 7) is 0.603. The highest BCUT2D eigenvalue weighted by atomic mass is 35.5. The van der Waals surface area contributed by atoms with Gasteiger partial charge in [0.15, 0.2) is 0 Å². The zero-order valence-corrected chi connectivity index (χ0v) is 20.2. The number of pyridine rings is 1. The van der Waals surface area contributed by atoms with Gasteiger partial charge in [-0.3, -0.25) is 14.6 Å². The summed E-state index contributed by atoms with van der Waals surface area (Å²) in [7, 11) is 0. The first-order valence-electron chi connectivity index (χ1n) is 11.2. The second-order valence-electron chi connectivity index (χ2n) is 8.28. The maximum atomic E-state index is 13.1. The van der Waals surface area contributed by atoms with Crippen molar-refractivity contribution in [3.63, 3.8) is 0 Å². The fourth-order valence-corrected chi connectivity index (χ4v) is 4.68. The molecule has 1 aliphatic rings. The SMILES string of the molecule is O=C(Nc1ccc2c(c1)CCN2C(=O)Cc1ccccn1)c1cc(Cl)c(Cl)c(-c2ccccc2)c1. The number of fused-ring (bicyclic) bond motifs is 1. The van der Waals surface area contributed by atoms with Crippen LogP contribution in [0.4, 0.5) is 11.4 Å². The van der Waals surface area contributed by atoms with Gasteiger partial charge in [-0.2, -0.15) is 0 Å². The molecule has 0 bridgehead atoms. The van der Waals surface area contributed by atoms with Gasteiger partial charge in [-0.05, 0) is 60.0 Å². The van der Waals surface area contributed by atoms with Gasteiger partial charge in [0.2, 0.25) is 5.91 Å². The number of carbonyl (C=O) groups excluding carboxylic acids is 2. The van der Waals surface area contributed by atoms with Crippen LogP contribution in [0.15, 0.2) is 85.1 Å². The minimum Gasteiger partial charge on any atom is -0.322 e. The van der Waals surface area contributed by atoms with E-state index in [9.17, 15) is 9.59 Å². The van der Waals surface area contributed by atoms with E-state index < -0.39 is 0 Å². The number of benzene rings is 3. The average molecular weight is 502 g/mol. The van der Waals surface area contributed by atoms with Crippen molar-refractivity contribution in [3.8, 4) is 11.1 Å². The van der Waals surface area contributed by atoms with E-state index in [4.69, 9.17) is 23.2 Å². The molecule has 0 saturated heterocycles. The van der Waals surface area contributed by atoms with E-state index in [1.165, 1.54) is 0 Å². The molecule has 0 unspecified atom stereocenters. The van der Waals surface area contributed by atoms with E-state index >= 15 is 0 Å². The van der Waals surface area contributed by atoms with E-state index in [-0.39, 0.29) is 18.2 Å². The minimum absolute atomic E-state index is 0.00323. The Morgan fingerprint density at radius 1 is 0.943 bits per heavy atom. The molecule has 0 fully saturated rings. The Labute approximate surface area is 213 Å². The van der Waals surface area contributed by atoms with E-state index in [2.05, 4.69) is 10.3 Å². The third-order valence-corrected chi connectivity index (χ3v) is 6.77. The molecule has 0 aliphatic carbocycles. The van der Waals surface area contributed by atoms with Gasteiger partial charge in [0, 0.05) is 40.9 Å². The number of nitrogens with zero attached hydrogens (tertiary/aromatic N) is 2. The molecule has 1 aromatic heterocycles. The highest BCUT2D eigenvalue weighted by Crippen LogP contribution is 2.35. The summed E-state index contributed by atoms with van der Waals surface area (Å²) >= 11 is 12.8. The molecule has 5 rings (SSSR count). The van der Waals surface area contributed by atoms with Crippen molar-refractivity contribution in [2.75, 3.05) is 16.8 Å². The van der Waals surface area contributed by atoms with Crippen LogP contribution < -0.4 is 10.2 Å². The summed E-state index contributed by atoms with van der Waals surface area (Å²) in [5.41, 5.74) is 5.25. The molecular weight excluding hydrogens is 481 g/mol. The standard InChI is InChI=1S/C28H21Cl2N3O2/c29-24-16-20(15-23(27(24)30)18-6-2-1-3-7-18)28(35)32-22-9-10-25-19(14-22)11-13-33(25)26(34)17-21-8-4-5-12-31-21/h1-10,12,14-16H,11,13,17H2,(H,32,35). The third kappa shape index (κ3) is 4.92. The van der Waals surface area contributed by atoms with E-state index in [0.29, 0.717) is 33.4 Å². The lowest BCUT2D eigenvalue weighted by Gasteiger charge is -2.17. The molecule has 2 amide bonds. The van der Waals surface area contributed by atoms with E-state index in [1.807, 2.05) is 60.7 Å². The number of amides is 2. The van der Waals surface area contributed by atoms with Crippen LogP contribution in [0.1, 0.15) is 21.6 Å². The maximum Gasteiger partial charge on any atom is 0.255 e. The molecule has 1 aliphatic heterocycles. The van der Waals surface area contributed by atoms with Gasteiger partial charge < -0.3 is 10.2 Å². The van der Waals surface area contributed by atoms with Gasteiger partial charge in [0.05, 0.1) is 16.5 Å². The van der Waals surface area contributed by atoms with Gasteiger partial charge in [0.1, 0.15) is 0 Å². The molecule has 1 N–H and O–H groups in total. The minimum atomic E-state index is -0.290. The number of hydrogen-bond acceptors (Lipinski definition) is 3. The van der Waals surface area contributed by atoms with Gasteiger partial charge >= 0.3 is 0 Å². The van der Waals surface area contributed by atoms with Crippen molar-refractivity contribution in [3.05, 3.63) is 112 Å². The predicted octanol–water partition coefficient (Wildman–Crippen LogP) is 6.44. The molecule has 5 nitrogen and oxygen atoms in total. The lowest BCUT2D eigenvalue weighted by Crippen LogP contribution is -2.30. The van der Waals surface area contributed by atoms with Gasteiger partial charge in [0.25, 0.3) is 5.91 Å². The van der Waals surface area contributed by atoms with Crippen LogP contribution in [-0.2, 0) is 17.6 Å². The average Bonchev–Trinajstić information content (AvgIpc) is 3.30. The molecule has 35 heavy (non-hydrogen) atoms. The van der Waals surface area contributed by atoms with Crippen molar-refractivity contribution >= 4 is 46.4 Å². The molecule has 174 valence electrons. The quantitative estimate of drug-likeness (QED) is 0.342. The Balaban J connectivity index is 1.34. The van der Waals surface area contributed by atoms with Crippen molar-refractivity contribution in [2.24, 2.45) is 0 Å². The fraction of sp³-hybridized carbons (Fsp3) is 0.107. The first-order chi connectivity index (χ1) is 17.0. The zero-order chi connectivity index (χ0) is 24.4. The second-order valence-corrected chi connectivity index (χ2v) is 9.06. The Morgan fingerprint density at radius 3 is 2.51 bits per heavy atom. The molecule has 0 saturated carbocycles. The number of carbonyl (C=O) groups is 2. The smallest absolute Gasteiger partial charge is 0.255 e. The fourth-order valence-electron chi connectivity index (χ4n) is 4.24. The van der Waals surface area contributed by atoms with Crippen molar-refractivity contribution in [1.82, 2.24) is 4.98 Å². The molecular formula is C28H21Cl2N3O2. The zero-order valence-electron chi connectivity index (χ0n) is 18.7. The normalized spacial score (nSPS) is 12.3. The maximum absolute atomic E-state index is 13.1. The molecule has 3 aromatic carbocycles. The third-order valence-electron chi connectivity index (χ3n) is 5.97. The largest absolute Gasteiger partial charge is 0.322 e. The van der Waals surface area contributed by atoms with Crippen LogP contribution in [0, 0.1) is 0 Å². The molecule has 0 atom stereocenters. The topological polar surface area (TPSA) is 62.3 Å². The number of nitrogens with one attached hydrogen (secondary N) is 1. The van der Waals surface area contributed by atoms with Crippen LogP contribution in [0.2, 0.25) is 10.0 Å². The van der Waals surface area contributed by atoms with Crippen LogP contribution in [0.3, 0.4) is 0 Å². The van der Waals surface area contributed by atoms with Crippen molar-refractivity contribution < 1.29 is 9.59 Å². The Kier molecular flexibility index (Phi) is 6.53. The van der Waals surface area contributed by atoms with E-state index in [0.717, 1.165) is 28.9 Å². The summed E-state index contributed by atoms with van der Waals surface area (Å²) in [6, 6.07) is 24.0. The van der Waals surface area contributed by atoms with Crippen molar-refractivity contribution in [1.29, 1.82) is 0 Å².